The van der Waals surface area contributed by atoms with Crippen LogP contribution in [0, 0.1) is 51.2 Å². The minimum absolute atomic E-state index is 0.0643. The zero-order valence-corrected chi connectivity index (χ0v) is 24.2. The van der Waals surface area contributed by atoms with Crippen LogP contribution in [-0.2, 0) is 28.7 Å². The van der Waals surface area contributed by atoms with E-state index >= 15 is 0 Å². The van der Waals surface area contributed by atoms with Crippen molar-refractivity contribution in [1.82, 2.24) is 15.5 Å². The van der Waals surface area contributed by atoms with Gasteiger partial charge in [-0.05, 0) is 42.4 Å². The highest BCUT2D eigenvalue weighted by atomic mass is 16.5. The van der Waals surface area contributed by atoms with Crippen molar-refractivity contribution >= 4 is 23.6 Å². The second kappa shape index (κ2) is 9.69. The highest BCUT2D eigenvalue weighted by molar-refractivity contribution is 5.94. The Labute approximate surface area is 235 Å². The molecule has 1 spiro atoms. The largest absolute Gasteiger partial charge is 0.381 e. The van der Waals surface area contributed by atoms with Crippen molar-refractivity contribution < 1.29 is 28.7 Å². The SMILES string of the molecule is CC(C)(C)[C@H](NC(=O)C1COC1)C(=O)N1CC2C(C)(C)C2([C@@H](C#N)CC2CC3(CCOCC3)NC2=O)C1C(N)=O. The Balaban J connectivity index is 1.41. The number of rotatable bonds is 7. The number of fused-ring (bicyclic) bond motifs is 1. The summed E-state index contributed by atoms with van der Waals surface area (Å²) in [6.45, 7) is 11.7. The lowest BCUT2D eigenvalue weighted by Gasteiger charge is -2.41. The van der Waals surface area contributed by atoms with E-state index in [1.807, 2.05) is 34.6 Å². The fraction of sp³-hybridized carbons (Fsp3) is 0.828. The molecule has 0 radical (unpaired) electrons. The predicted molar refractivity (Wildman–Crippen MR) is 143 cm³/mol. The molecule has 4 heterocycles. The molecule has 4 amide bonds. The van der Waals surface area contributed by atoms with Crippen LogP contribution in [-0.4, -0.2) is 79.1 Å². The number of nitrogens with one attached hydrogen (secondary N) is 2. The van der Waals surface area contributed by atoms with E-state index in [-0.39, 0.29) is 47.6 Å². The van der Waals surface area contributed by atoms with E-state index in [0.29, 0.717) is 39.3 Å². The zero-order valence-electron chi connectivity index (χ0n) is 24.2. The summed E-state index contributed by atoms with van der Waals surface area (Å²) in [6, 6.07) is 0.559. The minimum atomic E-state index is -1.01. The normalized spacial score (nSPS) is 33.8. The molecule has 0 aromatic carbocycles. The summed E-state index contributed by atoms with van der Waals surface area (Å²) in [5, 5.41) is 16.6. The molecule has 11 nitrogen and oxygen atoms in total. The van der Waals surface area contributed by atoms with Crippen LogP contribution < -0.4 is 16.4 Å². The van der Waals surface area contributed by atoms with Gasteiger partial charge >= 0.3 is 0 Å². The molecular formula is C29H43N5O6. The molecule has 0 aromatic heterocycles. The number of ether oxygens (including phenoxy) is 2. The lowest BCUT2D eigenvalue weighted by molar-refractivity contribution is -0.150. The maximum atomic E-state index is 14.1. The van der Waals surface area contributed by atoms with Crippen LogP contribution in [0.3, 0.4) is 0 Å². The Hall–Kier alpha value is -2.71. The van der Waals surface area contributed by atoms with E-state index in [1.54, 1.807) is 0 Å². The molecule has 0 bridgehead atoms. The number of carbonyl (C=O) groups excluding carboxylic acids is 4. The van der Waals surface area contributed by atoms with Gasteiger partial charge in [0.25, 0.3) is 0 Å². The van der Waals surface area contributed by atoms with E-state index in [1.165, 1.54) is 4.90 Å². The lowest BCUT2D eigenvalue weighted by atomic mass is 9.72. The van der Waals surface area contributed by atoms with Crippen molar-refractivity contribution in [2.24, 2.45) is 45.7 Å². The molecule has 1 aliphatic carbocycles. The lowest BCUT2D eigenvalue weighted by Crippen LogP contribution is -2.61. The van der Waals surface area contributed by atoms with E-state index in [4.69, 9.17) is 15.2 Å². The number of amides is 4. The molecule has 4 unspecified atom stereocenters. The van der Waals surface area contributed by atoms with Crippen LogP contribution >= 0.6 is 0 Å². The van der Waals surface area contributed by atoms with Crippen molar-refractivity contribution in [2.45, 2.75) is 77.9 Å². The molecule has 11 heteroatoms. The van der Waals surface area contributed by atoms with Gasteiger partial charge in [-0.3, -0.25) is 19.2 Å². The Morgan fingerprint density at radius 3 is 2.38 bits per heavy atom. The van der Waals surface area contributed by atoms with Gasteiger partial charge in [-0.2, -0.15) is 5.26 Å². The van der Waals surface area contributed by atoms with Crippen molar-refractivity contribution in [3.63, 3.8) is 0 Å². The first-order valence-electron chi connectivity index (χ1n) is 14.5. The van der Waals surface area contributed by atoms with Crippen LogP contribution in [0.1, 0.15) is 60.3 Å². The summed E-state index contributed by atoms with van der Waals surface area (Å²) < 4.78 is 10.6. The Bertz CT molecular complexity index is 1130. The number of likely N-dealkylation sites (tertiary alicyclic amines) is 1. The number of primary amides is 1. The van der Waals surface area contributed by atoms with Crippen molar-refractivity contribution in [2.75, 3.05) is 33.0 Å². The summed E-state index contributed by atoms with van der Waals surface area (Å²) in [4.78, 5) is 54.7. The van der Waals surface area contributed by atoms with Gasteiger partial charge in [-0.25, -0.2) is 0 Å². The molecule has 1 saturated carbocycles. The predicted octanol–water partition coefficient (Wildman–Crippen LogP) is 0.717. The Kier molecular flexibility index (Phi) is 6.98. The summed E-state index contributed by atoms with van der Waals surface area (Å²) in [7, 11) is 0. The molecule has 5 fully saturated rings. The first-order valence-corrected chi connectivity index (χ1v) is 14.5. The first kappa shape index (κ1) is 28.8. The molecule has 6 atom stereocenters. The van der Waals surface area contributed by atoms with Gasteiger partial charge in [0.1, 0.15) is 12.1 Å². The molecule has 5 aliphatic rings. The monoisotopic (exact) mass is 557 g/mol. The van der Waals surface area contributed by atoms with E-state index in [0.717, 1.165) is 12.8 Å². The first-order chi connectivity index (χ1) is 18.7. The molecule has 5 rings (SSSR count). The Morgan fingerprint density at radius 2 is 1.85 bits per heavy atom. The Morgan fingerprint density at radius 1 is 1.20 bits per heavy atom. The maximum Gasteiger partial charge on any atom is 0.246 e. The molecule has 4 aliphatic heterocycles. The van der Waals surface area contributed by atoms with Crippen molar-refractivity contribution in [1.29, 1.82) is 5.26 Å². The summed E-state index contributed by atoms with van der Waals surface area (Å²) in [5.74, 6) is -2.80. The third kappa shape index (κ3) is 4.30. The number of piperidine rings is 1. The topological polar surface area (TPSA) is 164 Å². The van der Waals surface area contributed by atoms with Crippen molar-refractivity contribution in [3.05, 3.63) is 0 Å². The zero-order chi connectivity index (χ0) is 29.3. The summed E-state index contributed by atoms with van der Waals surface area (Å²) in [5.41, 5.74) is 3.80. The van der Waals surface area contributed by atoms with Gasteiger partial charge in [-0.1, -0.05) is 34.6 Å². The van der Waals surface area contributed by atoms with Gasteiger partial charge < -0.3 is 30.7 Å². The second-order valence-electron chi connectivity index (χ2n) is 14.2. The highest BCUT2D eigenvalue weighted by Crippen LogP contribution is 2.78. The average Bonchev–Trinajstić information content (AvgIpc) is 3.12. The van der Waals surface area contributed by atoms with Gasteiger partial charge in [0.05, 0.1) is 31.1 Å². The number of nitrogens with zero attached hydrogens (tertiary/aromatic N) is 2. The van der Waals surface area contributed by atoms with Gasteiger partial charge in [-0.15, -0.1) is 0 Å². The maximum absolute atomic E-state index is 14.1. The molecule has 220 valence electrons. The number of hydrogen-bond acceptors (Lipinski definition) is 7. The second-order valence-corrected chi connectivity index (χ2v) is 14.2. The van der Waals surface area contributed by atoms with Crippen LogP contribution in [0.15, 0.2) is 0 Å². The molecule has 40 heavy (non-hydrogen) atoms. The van der Waals surface area contributed by atoms with Crippen LogP contribution in [0.4, 0.5) is 0 Å². The quantitative estimate of drug-likeness (QED) is 0.415. The summed E-state index contributed by atoms with van der Waals surface area (Å²) >= 11 is 0. The number of nitriles is 1. The van der Waals surface area contributed by atoms with Gasteiger partial charge in [0, 0.05) is 36.6 Å². The third-order valence-corrected chi connectivity index (χ3v) is 10.7. The van der Waals surface area contributed by atoms with E-state index in [9.17, 15) is 24.4 Å². The van der Waals surface area contributed by atoms with Crippen molar-refractivity contribution in [3.8, 4) is 6.07 Å². The van der Waals surface area contributed by atoms with Gasteiger partial charge in [0.2, 0.25) is 23.6 Å². The average molecular weight is 558 g/mol. The molecule has 4 saturated heterocycles. The number of carbonyl (C=O) groups is 4. The fourth-order valence-electron chi connectivity index (χ4n) is 8.27. The van der Waals surface area contributed by atoms with Crippen LogP contribution in [0.5, 0.6) is 0 Å². The molecule has 0 aromatic rings. The molecule has 4 N–H and O–H groups in total. The van der Waals surface area contributed by atoms with Gasteiger partial charge in [0.15, 0.2) is 0 Å². The third-order valence-electron chi connectivity index (χ3n) is 10.7. The number of hydrogen-bond donors (Lipinski definition) is 3. The van der Waals surface area contributed by atoms with Crippen LogP contribution in [0.2, 0.25) is 0 Å². The summed E-state index contributed by atoms with van der Waals surface area (Å²) in [6.07, 6.45) is 2.41. The minimum Gasteiger partial charge on any atom is -0.381 e. The van der Waals surface area contributed by atoms with E-state index < -0.39 is 40.2 Å². The fourth-order valence-corrected chi connectivity index (χ4v) is 8.27. The number of nitrogens with two attached hydrogens (primary N) is 1. The standard InChI is InChI=1S/C29H43N5O6/c1-26(2,3)20(32-23(36)17-14-40-15-17)25(38)34-13-19-27(4,5)29(19,21(34)22(31)35)18(12-30)10-16-11-28(33-24(16)37)6-8-39-9-7-28/h16-21H,6-11,13-15H2,1-5H3,(H2,31,35)(H,32,36)(H,33,37)/t16?,18-,19?,20-,21?,29?/m1/s1. The smallest absolute Gasteiger partial charge is 0.246 e. The molecular weight excluding hydrogens is 514 g/mol. The highest BCUT2D eigenvalue weighted by Gasteiger charge is 2.83. The van der Waals surface area contributed by atoms with Crippen LogP contribution in [0.25, 0.3) is 0 Å². The van der Waals surface area contributed by atoms with E-state index in [2.05, 4.69) is 16.7 Å².